The second-order valence-electron chi connectivity index (χ2n) is 6.72. The zero-order valence-corrected chi connectivity index (χ0v) is 14.8. The lowest BCUT2D eigenvalue weighted by Crippen LogP contribution is -2.44. The number of nitrogen functional groups attached to an aromatic ring is 1. The Labute approximate surface area is 148 Å². The number of hydrogen-bond acceptors (Lipinski definition) is 4. The second kappa shape index (κ2) is 8.16. The average Bonchev–Trinajstić information content (AvgIpc) is 2.99. The average molecular weight is 341 g/mol. The fourth-order valence-electron chi connectivity index (χ4n) is 3.33. The van der Waals surface area contributed by atoms with Crippen LogP contribution in [0, 0.1) is 0 Å². The van der Waals surface area contributed by atoms with E-state index >= 15 is 0 Å². The third kappa shape index (κ3) is 4.39. The molecule has 0 unspecified atom stereocenters. The van der Waals surface area contributed by atoms with Gasteiger partial charge >= 0.3 is 0 Å². The molecule has 6 heteroatoms. The quantitative estimate of drug-likeness (QED) is 0.752. The Bertz CT molecular complexity index is 689. The third-order valence-electron chi connectivity index (χ3n) is 4.77. The summed E-state index contributed by atoms with van der Waals surface area (Å²) < 4.78 is 0. The Kier molecular flexibility index (Phi) is 5.71. The monoisotopic (exact) mass is 341 g/mol. The molecule has 0 spiro atoms. The first-order valence-electron chi connectivity index (χ1n) is 9.07. The normalized spacial score (nSPS) is 16.0. The van der Waals surface area contributed by atoms with Crippen LogP contribution in [0.2, 0.25) is 0 Å². The highest BCUT2D eigenvalue weighted by Crippen LogP contribution is 2.18. The summed E-state index contributed by atoms with van der Waals surface area (Å²) in [6.45, 7) is 5.01. The van der Waals surface area contributed by atoms with Crippen LogP contribution in [0.3, 0.4) is 0 Å². The Morgan fingerprint density at radius 1 is 1.32 bits per heavy atom. The summed E-state index contributed by atoms with van der Waals surface area (Å²) in [7, 11) is 0. The zero-order chi connectivity index (χ0) is 17.6. The van der Waals surface area contributed by atoms with Gasteiger partial charge in [0, 0.05) is 25.7 Å². The molecule has 0 aliphatic carbocycles. The van der Waals surface area contributed by atoms with Crippen LogP contribution in [-0.4, -0.2) is 40.1 Å². The largest absolute Gasteiger partial charge is 0.395 e. The standard InChI is InChI=1S/C19H27N5O/c1-2-6-16-17(20)18(23-22-16)19(25)21-15-9-11-24(12-10-15)13-14-7-4-3-5-8-14/h3-5,7-8,15H,2,6,9-13,20H2,1H3,(H,21,25)(H,22,23). The van der Waals surface area contributed by atoms with Crippen molar-refractivity contribution >= 4 is 11.6 Å². The number of nitrogens with two attached hydrogens (primary N) is 1. The molecule has 6 nitrogen and oxygen atoms in total. The van der Waals surface area contributed by atoms with Crippen LogP contribution >= 0.6 is 0 Å². The van der Waals surface area contributed by atoms with Crippen molar-refractivity contribution in [3.8, 4) is 0 Å². The van der Waals surface area contributed by atoms with Crippen LogP contribution in [0.1, 0.15) is 47.9 Å². The Hall–Kier alpha value is -2.34. The van der Waals surface area contributed by atoms with E-state index in [1.54, 1.807) is 0 Å². The van der Waals surface area contributed by atoms with E-state index in [0.717, 1.165) is 51.0 Å². The molecule has 4 N–H and O–H groups in total. The number of nitrogens with zero attached hydrogens (tertiary/aromatic N) is 2. The summed E-state index contributed by atoms with van der Waals surface area (Å²) in [5, 5.41) is 10.1. The van der Waals surface area contributed by atoms with Gasteiger partial charge in [0.1, 0.15) is 0 Å². The smallest absolute Gasteiger partial charge is 0.274 e. The van der Waals surface area contributed by atoms with Crippen LogP contribution in [0.4, 0.5) is 5.69 Å². The number of likely N-dealkylation sites (tertiary alicyclic amines) is 1. The molecule has 134 valence electrons. The molecule has 1 aliphatic rings. The summed E-state index contributed by atoms with van der Waals surface area (Å²) in [6.07, 6.45) is 3.67. The van der Waals surface area contributed by atoms with E-state index in [0.29, 0.717) is 11.4 Å². The van der Waals surface area contributed by atoms with Gasteiger partial charge in [0.25, 0.3) is 5.91 Å². The number of anilines is 1. The van der Waals surface area contributed by atoms with E-state index in [9.17, 15) is 4.79 Å². The molecule has 1 fully saturated rings. The summed E-state index contributed by atoms with van der Waals surface area (Å²) in [5.74, 6) is -0.169. The Morgan fingerprint density at radius 3 is 2.72 bits per heavy atom. The SMILES string of the molecule is CCCc1[nH]nc(C(=O)NC2CCN(Cc3ccccc3)CC2)c1N. The highest BCUT2D eigenvalue weighted by molar-refractivity contribution is 5.97. The number of amides is 1. The van der Waals surface area contributed by atoms with Crippen LogP contribution in [-0.2, 0) is 13.0 Å². The van der Waals surface area contributed by atoms with Gasteiger partial charge in [0.15, 0.2) is 5.69 Å². The Balaban J connectivity index is 1.49. The van der Waals surface area contributed by atoms with E-state index in [-0.39, 0.29) is 11.9 Å². The first-order valence-corrected chi connectivity index (χ1v) is 9.07. The van der Waals surface area contributed by atoms with Gasteiger partial charge in [-0.05, 0) is 24.8 Å². The van der Waals surface area contributed by atoms with Crippen molar-refractivity contribution in [1.29, 1.82) is 0 Å². The van der Waals surface area contributed by atoms with E-state index in [2.05, 4.69) is 51.6 Å². The maximum Gasteiger partial charge on any atom is 0.274 e. The fourth-order valence-corrected chi connectivity index (χ4v) is 3.33. The molecule has 0 saturated carbocycles. The van der Waals surface area contributed by atoms with E-state index < -0.39 is 0 Å². The molecule has 0 bridgehead atoms. The maximum absolute atomic E-state index is 12.4. The van der Waals surface area contributed by atoms with Gasteiger partial charge in [-0.2, -0.15) is 5.10 Å². The van der Waals surface area contributed by atoms with Gasteiger partial charge in [-0.15, -0.1) is 0 Å². The number of rotatable bonds is 6. The molecule has 3 rings (SSSR count). The number of carbonyl (C=O) groups excluding carboxylic acids is 1. The number of H-pyrrole nitrogens is 1. The number of piperidine rings is 1. The molecule has 1 saturated heterocycles. The lowest BCUT2D eigenvalue weighted by molar-refractivity contribution is 0.0904. The van der Waals surface area contributed by atoms with Crippen LogP contribution in [0.25, 0.3) is 0 Å². The third-order valence-corrected chi connectivity index (χ3v) is 4.77. The first-order chi connectivity index (χ1) is 12.2. The van der Waals surface area contributed by atoms with Gasteiger partial charge < -0.3 is 11.1 Å². The first kappa shape index (κ1) is 17.5. The number of carbonyl (C=O) groups is 1. The van der Waals surface area contributed by atoms with Gasteiger partial charge in [0.2, 0.25) is 0 Å². The molecule has 1 aliphatic heterocycles. The molecule has 0 atom stereocenters. The molecular weight excluding hydrogens is 314 g/mol. The number of aromatic amines is 1. The second-order valence-corrected chi connectivity index (χ2v) is 6.72. The topological polar surface area (TPSA) is 87.0 Å². The van der Waals surface area contributed by atoms with Crippen molar-refractivity contribution in [1.82, 2.24) is 20.4 Å². The zero-order valence-electron chi connectivity index (χ0n) is 14.8. The number of nitrogens with one attached hydrogen (secondary N) is 2. The predicted molar refractivity (Wildman–Crippen MR) is 99.2 cm³/mol. The van der Waals surface area contributed by atoms with Gasteiger partial charge in [-0.1, -0.05) is 43.7 Å². The number of aryl methyl sites for hydroxylation is 1. The van der Waals surface area contributed by atoms with Gasteiger partial charge in [-0.25, -0.2) is 0 Å². The predicted octanol–water partition coefficient (Wildman–Crippen LogP) is 2.34. The van der Waals surface area contributed by atoms with Crippen molar-refractivity contribution in [2.24, 2.45) is 0 Å². The van der Waals surface area contributed by atoms with Crippen molar-refractivity contribution < 1.29 is 4.79 Å². The maximum atomic E-state index is 12.4. The van der Waals surface area contributed by atoms with E-state index in [1.807, 2.05) is 6.07 Å². The van der Waals surface area contributed by atoms with Crippen LogP contribution in [0.15, 0.2) is 30.3 Å². The van der Waals surface area contributed by atoms with Crippen LogP contribution < -0.4 is 11.1 Å². The number of benzene rings is 1. The number of aromatic nitrogens is 2. The molecule has 0 radical (unpaired) electrons. The highest BCUT2D eigenvalue weighted by Gasteiger charge is 2.23. The lowest BCUT2D eigenvalue weighted by atomic mass is 10.0. The summed E-state index contributed by atoms with van der Waals surface area (Å²) >= 11 is 0. The lowest BCUT2D eigenvalue weighted by Gasteiger charge is -2.32. The molecular formula is C19H27N5O. The van der Waals surface area contributed by atoms with Gasteiger partial charge in [-0.3, -0.25) is 14.8 Å². The molecule has 2 aromatic rings. The minimum atomic E-state index is -0.169. The molecule has 2 heterocycles. The molecule has 1 aromatic carbocycles. The molecule has 1 aromatic heterocycles. The van der Waals surface area contributed by atoms with Crippen molar-refractivity contribution in [3.63, 3.8) is 0 Å². The molecule has 1 amide bonds. The van der Waals surface area contributed by atoms with Crippen molar-refractivity contribution in [3.05, 3.63) is 47.3 Å². The minimum absolute atomic E-state index is 0.169. The van der Waals surface area contributed by atoms with E-state index in [4.69, 9.17) is 5.73 Å². The Morgan fingerprint density at radius 2 is 2.04 bits per heavy atom. The van der Waals surface area contributed by atoms with Gasteiger partial charge in [0.05, 0.1) is 11.4 Å². The summed E-state index contributed by atoms with van der Waals surface area (Å²) in [5.41, 5.74) is 9.04. The number of hydrogen-bond donors (Lipinski definition) is 3. The highest BCUT2D eigenvalue weighted by atomic mass is 16.2. The minimum Gasteiger partial charge on any atom is -0.395 e. The van der Waals surface area contributed by atoms with Crippen LogP contribution in [0.5, 0.6) is 0 Å². The van der Waals surface area contributed by atoms with Crippen molar-refractivity contribution in [2.75, 3.05) is 18.8 Å². The molecule has 25 heavy (non-hydrogen) atoms. The van der Waals surface area contributed by atoms with Crippen molar-refractivity contribution in [2.45, 2.75) is 45.2 Å². The van der Waals surface area contributed by atoms with E-state index in [1.165, 1.54) is 5.56 Å². The summed E-state index contributed by atoms with van der Waals surface area (Å²) in [6, 6.07) is 10.7. The fraction of sp³-hybridized carbons (Fsp3) is 0.474. The summed E-state index contributed by atoms with van der Waals surface area (Å²) in [4.78, 5) is 14.9.